The first-order valence-electron chi connectivity index (χ1n) is 4.80. The second kappa shape index (κ2) is 5.59. The average Bonchev–Trinajstić information content (AvgIpc) is 2.27. The van der Waals surface area contributed by atoms with Gasteiger partial charge in [0.25, 0.3) is 5.69 Å². The van der Waals surface area contributed by atoms with Crippen LogP contribution in [0.2, 0.25) is 0 Å². The third-order valence-corrected chi connectivity index (χ3v) is 4.09. The Bertz CT molecular complexity index is 564. The molecule has 0 heterocycles. The first-order valence-corrected chi connectivity index (χ1v) is 6.82. The van der Waals surface area contributed by atoms with Crippen LogP contribution in [0.1, 0.15) is 6.92 Å². The Morgan fingerprint density at radius 2 is 2.17 bits per heavy atom. The summed E-state index contributed by atoms with van der Waals surface area (Å²) in [5.74, 6) is -0.875. The lowest BCUT2D eigenvalue weighted by atomic mass is 10.3. The van der Waals surface area contributed by atoms with E-state index in [1.807, 2.05) is 0 Å². The molecule has 0 aliphatic heterocycles. The van der Waals surface area contributed by atoms with Crippen LogP contribution in [0.15, 0.2) is 23.1 Å². The molecule has 9 heteroatoms. The number of nitrogens with zero attached hydrogens (tertiary/aromatic N) is 1. The van der Waals surface area contributed by atoms with Gasteiger partial charge in [0, 0.05) is 11.9 Å². The average molecular weight is 297 g/mol. The zero-order valence-corrected chi connectivity index (χ0v) is 10.8. The molecule has 6 nitrogen and oxygen atoms in total. The van der Waals surface area contributed by atoms with Gasteiger partial charge in [-0.15, -0.1) is 11.6 Å². The van der Waals surface area contributed by atoms with E-state index in [9.17, 15) is 22.9 Å². The van der Waals surface area contributed by atoms with Crippen molar-refractivity contribution in [3.63, 3.8) is 0 Å². The van der Waals surface area contributed by atoms with Crippen molar-refractivity contribution >= 4 is 27.3 Å². The molecule has 1 aromatic carbocycles. The van der Waals surface area contributed by atoms with Crippen molar-refractivity contribution in [2.75, 3.05) is 5.88 Å². The Morgan fingerprint density at radius 3 is 2.67 bits per heavy atom. The van der Waals surface area contributed by atoms with Crippen molar-refractivity contribution < 1.29 is 17.7 Å². The Balaban J connectivity index is 3.28. The second-order valence-electron chi connectivity index (χ2n) is 3.55. The molecule has 0 fully saturated rings. The highest BCUT2D eigenvalue weighted by atomic mass is 35.5. The van der Waals surface area contributed by atoms with E-state index in [2.05, 4.69) is 4.72 Å². The summed E-state index contributed by atoms with van der Waals surface area (Å²) in [4.78, 5) is 9.15. The van der Waals surface area contributed by atoms with Gasteiger partial charge in [0.2, 0.25) is 10.0 Å². The van der Waals surface area contributed by atoms with Crippen LogP contribution in [-0.4, -0.2) is 25.3 Å². The fourth-order valence-corrected chi connectivity index (χ4v) is 2.78. The normalized spacial score (nSPS) is 13.3. The van der Waals surface area contributed by atoms with Gasteiger partial charge in [-0.2, -0.15) is 0 Å². The van der Waals surface area contributed by atoms with Crippen LogP contribution < -0.4 is 4.72 Å². The molecule has 1 rings (SSSR count). The van der Waals surface area contributed by atoms with Crippen molar-refractivity contribution in [3.8, 4) is 0 Å². The van der Waals surface area contributed by atoms with Gasteiger partial charge in [0.1, 0.15) is 5.82 Å². The number of hydrogen-bond donors (Lipinski definition) is 1. The summed E-state index contributed by atoms with van der Waals surface area (Å²) in [5, 5.41) is 10.7. The van der Waals surface area contributed by atoms with E-state index in [1.165, 1.54) is 6.92 Å². The lowest BCUT2D eigenvalue weighted by Gasteiger charge is -2.11. The molecule has 1 unspecified atom stereocenters. The molecule has 0 radical (unpaired) electrons. The van der Waals surface area contributed by atoms with Gasteiger partial charge >= 0.3 is 0 Å². The van der Waals surface area contributed by atoms with E-state index in [0.717, 1.165) is 12.1 Å². The summed E-state index contributed by atoms with van der Waals surface area (Å²) in [6.45, 7) is 1.50. The number of nitro benzene ring substituents is 1. The number of nitro groups is 1. The topological polar surface area (TPSA) is 89.3 Å². The Kier molecular flexibility index (Phi) is 4.60. The minimum atomic E-state index is -4.11. The second-order valence-corrected chi connectivity index (χ2v) is 5.54. The Morgan fingerprint density at radius 1 is 1.56 bits per heavy atom. The molecule has 1 aromatic rings. The number of nitrogens with one attached hydrogen (secondary N) is 1. The minimum absolute atomic E-state index is 0.00816. The highest BCUT2D eigenvalue weighted by Gasteiger charge is 2.27. The lowest BCUT2D eigenvalue weighted by molar-refractivity contribution is -0.388. The molecule has 18 heavy (non-hydrogen) atoms. The SMILES string of the molecule is CC(CCl)NS(=O)(=O)c1ccc(F)cc1[N+](=O)[O-]. The van der Waals surface area contributed by atoms with E-state index in [4.69, 9.17) is 11.6 Å². The fraction of sp³-hybridized carbons (Fsp3) is 0.333. The molecule has 0 aliphatic rings. The molecule has 1 atom stereocenters. The van der Waals surface area contributed by atoms with Crippen molar-refractivity contribution in [1.29, 1.82) is 0 Å². The fourth-order valence-electron chi connectivity index (χ4n) is 1.22. The third kappa shape index (κ3) is 3.37. The quantitative estimate of drug-likeness (QED) is 0.508. The number of benzene rings is 1. The highest BCUT2D eigenvalue weighted by Crippen LogP contribution is 2.24. The molecule has 0 amide bonds. The van der Waals surface area contributed by atoms with Crippen LogP contribution in [0.4, 0.5) is 10.1 Å². The summed E-state index contributed by atoms with van der Waals surface area (Å²) < 4.78 is 38.7. The van der Waals surface area contributed by atoms with Crippen LogP contribution in [0, 0.1) is 15.9 Å². The maximum atomic E-state index is 12.9. The molecule has 100 valence electrons. The maximum absolute atomic E-state index is 12.9. The van der Waals surface area contributed by atoms with Crippen LogP contribution in [0.25, 0.3) is 0 Å². The van der Waals surface area contributed by atoms with Gasteiger partial charge in [-0.25, -0.2) is 17.5 Å². The molecule has 0 saturated heterocycles. The standard InChI is InChI=1S/C9H10ClFN2O4S/c1-6(5-10)12-18(16,17)9-3-2-7(11)4-8(9)13(14)15/h2-4,6,12H,5H2,1H3. The number of rotatable bonds is 5. The van der Waals surface area contributed by atoms with Crippen LogP contribution in [0.5, 0.6) is 0 Å². The number of sulfonamides is 1. The van der Waals surface area contributed by atoms with Gasteiger partial charge in [-0.1, -0.05) is 0 Å². The maximum Gasteiger partial charge on any atom is 0.292 e. The smallest absolute Gasteiger partial charge is 0.258 e. The molecule has 0 aromatic heterocycles. The monoisotopic (exact) mass is 296 g/mol. The van der Waals surface area contributed by atoms with Crippen LogP contribution in [0.3, 0.4) is 0 Å². The zero-order valence-electron chi connectivity index (χ0n) is 9.26. The lowest BCUT2D eigenvalue weighted by Crippen LogP contribution is -2.34. The van der Waals surface area contributed by atoms with E-state index in [-0.39, 0.29) is 5.88 Å². The molecule has 0 spiro atoms. The van der Waals surface area contributed by atoms with Gasteiger partial charge in [-0.3, -0.25) is 10.1 Å². The summed E-state index contributed by atoms with van der Waals surface area (Å²) >= 11 is 5.45. The Hall–Kier alpha value is -1.25. The molecule has 0 aliphatic carbocycles. The van der Waals surface area contributed by atoms with Crippen molar-refractivity contribution in [1.82, 2.24) is 4.72 Å². The summed E-state index contributed by atoms with van der Waals surface area (Å²) in [5.41, 5.74) is -0.815. The zero-order chi connectivity index (χ0) is 13.9. The first-order chi connectivity index (χ1) is 8.27. The van der Waals surface area contributed by atoms with Gasteiger partial charge < -0.3 is 0 Å². The minimum Gasteiger partial charge on any atom is -0.258 e. The van der Waals surface area contributed by atoms with E-state index in [1.54, 1.807) is 0 Å². The number of hydrogen-bond acceptors (Lipinski definition) is 4. The molecule has 1 N–H and O–H groups in total. The number of alkyl halides is 1. The molecular weight excluding hydrogens is 287 g/mol. The first kappa shape index (κ1) is 14.8. The predicted molar refractivity (Wildman–Crippen MR) is 63.6 cm³/mol. The van der Waals surface area contributed by atoms with Gasteiger partial charge in [0.05, 0.1) is 11.0 Å². The summed E-state index contributed by atoms with van der Waals surface area (Å²) in [7, 11) is -4.11. The summed E-state index contributed by atoms with van der Waals surface area (Å²) in [6.07, 6.45) is 0. The van der Waals surface area contributed by atoms with E-state index in [0.29, 0.717) is 6.07 Å². The van der Waals surface area contributed by atoms with Gasteiger partial charge in [0.15, 0.2) is 4.90 Å². The van der Waals surface area contributed by atoms with Crippen LogP contribution in [-0.2, 0) is 10.0 Å². The van der Waals surface area contributed by atoms with Crippen molar-refractivity contribution in [3.05, 3.63) is 34.1 Å². The molecule has 0 saturated carbocycles. The molecular formula is C9H10ClFN2O4S. The van der Waals surface area contributed by atoms with Crippen LogP contribution >= 0.6 is 11.6 Å². The Labute approximate surface area is 108 Å². The van der Waals surface area contributed by atoms with Gasteiger partial charge in [-0.05, 0) is 19.1 Å². The van der Waals surface area contributed by atoms with Crippen molar-refractivity contribution in [2.45, 2.75) is 17.9 Å². The third-order valence-electron chi connectivity index (χ3n) is 1.99. The largest absolute Gasteiger partial charge is 0.292 e. The highest BCUT2D eigenvalue weighted by molar-refractivity contribution is 7.89. The van der Waals surface area contributed by atoms with Crippen molar-refractivity contribution in [2.24, 2.45) is 0 Å². The number of halogens is 2. The predicted octanol–water partition coefficient (Wildman–Crippen LogP) is 1.64. The molecule has 0 bridgehead atoms. The van der Waals surface area contributed by atoms with E-state index < -0.39 is 37.4 Å². The van der Waals surface area contributed by atoms with E-state index >= 15 is 0 Å². The summed E-state index contributed by atoms with van der Waals surface area (Å²) in [6, 6.07) is 1.64.